The normalized spacial score (nSPS) is 10.4. The maximum absolute atomic E-state index is 12.7. The van der Waals surface area contributed by atoms with E-state index in [9.17, 15) is 4.79 Å². The van der Waals surface area contributed by atoms with Crippen molar-refractivity contribution in [1.82, 2.24) is 19.7 Å². The Morgan fingerprint density at radius 3 is 2.54 bits per heavy atom. The van der Waals surface area contributed by atoms with Crippen molar-refractivity contribution in [3.8, 4) is 18.1 Å². The minimum Gasteiger partial charge on any atom is -0.367 e. The molecule has 26 heavy (non-hydrogen) atoms. The molecule has 0 saturated carbocycles. The molecule has 1 N–H and O–H groups in total. The molecular formula is C17H14ClN7O. The number of imidazole rings is 1. The lowest BCUT2D eigenvalue weighted by atomic mass is 10.3. The van der Waals surface area contributed by atoms with Crippen molar-refractivity contribution < 1.29 is 0 Å². The summed E-state index contributed by atoms with van der Waals surface area (Å²) < 4.78 is 1.10. The quantitative estimate of drug-likeness (QED) is 0.715. The van der Waals surface area contributed by atoms with Crippen LogP contribution < -0.4 is 10.5 Å². The van der Waals surface area contributed by atoms with Gasteiger partial charge in [0.2, 0.25) is 5.95 Å². The summed E-state index contributed by atoms with van der Waals surface area (Å²) >= 11 is 6.28. The van der Waals surface area contributed by atoms with Gasteiger partial charge in [0.15, 0.2) is 0 Å². The van der Waals surface area contributed by atoms with Crippen LogP contribution in [-0.2, 0) is 0 Å². The highest BCUT2D eigenvalue weighted by atomic mass is 35.5. The molecule has 9 heteroatoms. The lowest BCUT2D eigenvalue weighted by Crippen LogP contribution is -2.30. The number of nitriles is 2. The molecule has 0 aliphatic rings. The Kier molecular flexibility index (Phi) is 5.16. The third-order valence-electron chi connectivity index (χ3n) is 3.81. The molecule has 1 aromatic carbocycles. The number of H-pyrrole nitrogens is 1. The van der Waals surface area contributed by atoms with E-state index in [1.165, 1.54) is 6.20 Å². The van der Waals surface area contributed by atoms with E-state index in [-0.39, 0.29) is 23.8 Å². The molecular weight excluding hydrogens is 354 g/mol. The predicted molar refractivity (Wildman–Crippen MR) is 97.2 cm³/mol. The summed E-state index contributed by atoms with van der Waals surface area (Å²) in [6, 6.07) is 11.5. The Morgan fingerprint density at radius 2 is 1.88 bits per heavy atom. The first-order valence-corrected chi connectivity index (χ1v) is 8.25. The van der Waals surface area contributed by atoms with E-state index in [1.807, 2.05) is 36.4 Å². The van der Waals surface area contributed by atoms with Crippen molar-refractivity contribution in [1.29, 1.82) is 10.5 Å². The van der Waals surface area contributed by atoms with E-state index in [4.69, 9.17) is 22.1 Å². The van der Waals surface area contributed by atoms with Crippen molar-refractivity contribution in [2.75, 3.05) is 18.0 Å². The third kappa shape index (κ3) is 3.37. The van der Waals surface area contributed by atoms with Crippen molar-refractivity contribution in [3.05, 3.63) is 45.8 Å². The first kappa shape index (κ1) is 17.5. The highest BCUT2D eigenvalue weighted by Crippen LogP contribution is 2.22. The van der Waals surface area contributed by atoms with Crippen LogP contribution in [0.2, 0.25) is 5.02 Å². The third-order valence-corrected chi connectivity index (χ3v) is 4.16. The smallest absolute Gasteiger partial charge is 0.295 e. The van der Waals surface area contributed by atoms with Crippen LogP contribution in [0, 0.1) is 22.7 Å². The molecule has 0 aliphatic heterocycles. The molecule has 0 amide bonds. The van der Waals surface area contributed by atoms with E-state index < -0.39 is 5.56 Å². The van der Waals surface area contributed by atoms with Gasteiger partial charge in [-0.05, 0) is 12.1 Å². The number of hydrogen-bond acceptors (Lipinski definition) is 6. The number of para-hydroxylation sites is 2. The van der Waals surface area contributed by atoms with Gasteiger partial charge in [0.25, 0.3) is 5.56 Å². The summed E-state index contributed by atoms with van der Waals surface area (Å²) in [7, 11) is 0. The highest BCUT2D eigenvalue weighted by molar-refractivity contribution is 6.33. The molecule has 2 heterocycles. The summed E-state index contributed by atoms with van der Waals surface area (Å²) in [6.45, 7) is 0.710. The fourth-order valence-corrected chi connectivity index (χ4v) is 2.81. The minimum absolute atomic E-state index is 0.0312. The van der Waals surface area contributed by atoms with Gasteiger partial charge in [-0.25, -0.2) is 4.98 Å². The van der Waals surface area contributed by atoms with Crippen LogP contribution in [0.1, 0.15) is 12.8 Å². The van der Waals surface area contributed by atoms with Crippen LogP contribution in [0.5, 0.6) is 0 Å². The van der Waals surface area contributed by atoms with Crippen LogP contribution in [0.15, 0.2) is 35.3 Å². The molecule has 0 atom stereocenters. The van der Waals surface area contributed by atoms with Gasteiger partial charge in [-0.3, -0.25) is 4.79 Å². The summed E-state index contributed by atoms with van der Waals surface area (Å²) in [5.41, 5.74) is 1.36. The number of anilines is 1. The number of nitrogens with one attached hydrogen (secondary N) is 1. The van der Waals surface area contributed by atoms with E-state index >= 15 is 0 Å². The van der Waals surface area contributed by atoms with Gasteiger partial charge < -0.3 is 9.88 Å². The standard InChI is InChI=1S/C17H14ClN7O/c18-15-14(24(9-3-7-19)10-4-8-20)11-21-25(16(15)26)17-22-12-5-1-2-6-13(12)23-17/h1-2,5-6,11H,3-4,9-10H2,(H,22,23). The zero-order valence-electron chi connectivity index (χ0n) is 13.7. The predicted octanol–water partition coefficient (Wildman–Crippen LogP) is 2.40. The second kappa shape index (κ2) is 7.68. The van der Waals surface area contributed by atoms with E-state index in [0.29, 0.717) is 24.3 Å². The number of aromatic amines is 1. The number of aromatic nitrogens is 4. The summed E-state index contributed by atoms with van der Waals surface area (Å²) in [5, 5.41) is 21.7. The van der Waals surface area contributed by atoms with Crippen molar-refractivity contribution in [3.63, 3.8) is 0 Å². The number of rotatable bonds is 6. The maximum atomic E-state index is 12.7. The second-order valence-electron chi connectivity index (χ2n) is 5.44. The maximum Gasteiger partial charge on any atom is 0.295 e. The van der Waals surface area contributed by atoms with Gasteiger partial charge in [-0.2, -0.15) is 20.3 Å². The molecule has 0 radical (unpaired) electrons. The lowest BCUT2D eigenvalue weighted by Gasteiger charge is -2.23. The average Bonchev–Trinajstić information content (AvgIpc) is 3.08. The highest BCUT2D eigenvalue weighted by Gasteiger charge is 2.17. The molecule has 0 unspecified atom stereocenters. The Bertz CT molecular complexity index is 1020. The van der Waals surface area contributed by atoms with Crippen LogP contribution in [-0.4, -0.2) is 32.8 Å². The van der Waals surface area contributed by atoms with Gasteiger partial charge in [-0.15, -0.1) is 0 Å². The number of halogens is 1. The minimum atomic E-state index is -0.526. The zero-order valence-corrected chi connectivity index (χ0v) is 14.4. The monoisotopic (exact) mass is 367 g/mol. The molecule has 8 nitrogen and oxygen atoms in total. The summed E-state index contributed by atoms with van der Waals surface area (Å²) in [6.07, 6.45) is 1.94. The molecule has 0 spiro atoms. The first-order valence-electron chi connectivity index (χ1n) is 7.87. The zero-order chi connectivity index (χ0) is 18.5. The van der Waals surface area contributed by atoms with Gasteiger partial charge in [-0.1, -0.05) is 23.7 Å². The molecule has 3 aromatic rings. The summed E-state index contributed by atoms with van der Waals surface area (Å²) in [5.74, 6) is 0.269. The van der Waals surface area contributed by atoms with Crippen LogP contribution in [0.25, 0.3) is 17.0 Å². The molecule has 2 aromatic heterocycles. The van der Waals surface area contributed by atoms with Crippen molar-refractivity contribution in [2.45, 2.75) is 12.8 Å². The number of fused-ring (bicyclic) bond motifs is 1. The molecule has 0 saturated heterocycles. The molecule has 130 valence electrons. The fraction of sp³-hybridized carbons (Fsp3) is 0.235. The Hall–Kier alpha value is -3.36. The number of benzene rings is 1. The van der Waals surface area contributed by atoms with Crippen LogP contribution in [0.3, 0.4) is 0 Å². The van der Waals surface area contributed by atoms with E-state index in [2.05, 4.69) is 15.1 Å². The van der Waals surface area contributed by atoms with E-state index in [0.717, 1.165) is 10.2 Å². The topological polar surface area (TPSA) is 114 Å². The van der Waals surface area contributed by atoms with Crippen LogP contribution in [0.4, 0.5) is 5.69 Å². The van der Waals surface area contributed by atoms with Crippen molar-refractivity contribution in [2.24, 2.45) is 0 Å². The molecule has 0 fully saturated rings. The van der Waals surface area contributed by atoms with Gasteiger partial charge in [0.1, 0.15) is 5.02 Å². The van der Waals surface area contributed by atoms with E-state index in [1.54, 1.807) is 4.90 Å². The lowest BCUT2D eigenvalue weighted by molar-refractivity contribution is 0.744. The second-order valence-corrected chi connectivity index (χ2v) is 5.82. The van der Waals surface area contributed by atoms with Gasteiger partial charge in [0, 0.05) is 13.1 Å². The molecule has 3 rings (SSSR count). The Morgan fingerprint density at radius 1 is 1.19 bits per heavy atom. The SMILES string of the molecule is N#CCCN(CCC#N)c1cnn(-c2nc3ccccc3[nH]2)c(=O)c1Cl. The largest absolute Gasteiger partial charge is 0.367 e. The van der Waals surface area contributed by atoms with Crippen LogP contribution >= 0.6 is 11.6 Å². The van der Waals surface area contributed by atoms with Crippen molar-refractivity contribution >= 4 is 28.3 Å². The molecule has 0 aliphatic carbocycles. The summed E-state index contributed by atoms with van der Waals surface area (Å²) in [4.78, 5) is 21.8. The first-order chi connectivity index (χ1) is 12.7. The number of hydrogen-bond donors (Lipinski definition) is 1. The Balaban J connectivity index is 2.01. The van der Waals surface area contributed by atoms with Gasteiger partial charge in [0.05, 0.1) is 47.9 Å². The fourth-order valence-electron chi connectivity index (χ4n) is 2.56. The Labute approximate surface area is 153 Å². The number of nitrogens with zero attached hydrogens (tertiary/aromatic N) is 6. The van der Waals surface area contributed by atoms with Gasteiger partial charge >= 0.3 is 0 Å². The average molecular weight is 368 g/mol. The molecule has 0 bridgehead atoms.